The molecule has 3 aliphatic heterocycles. The monoisotopic (exact) mass is 606 g/mol. The van der Waals surface area contributed by atoms with E-state index in [0.29, 0.717) is 52.0 Å². The number of alkyl halides is 1. The quantitative estimate of drug-likeness (QED) is 0.231. The molecule has 1 aromatic heterocycles. The summed E-state index contributed by atoms with van der Waals surface area (Å²) < 4.78 is 53.7. The summed E-state index contributed by atoms with van der Waals surface area (Å²) in [5.41, 5.74) is 0.706. The first-order valence-corrected chi connectivity index (χ1v) is 15.8. The van der Waals surface area contributed by atoms with Gasteiger partial charge in [0.2, 0.25) is 0 Å². The Morgan fingerprint density at radius 3 is 2.70 bits per heavy atom. The predicted molar refractivity (Wildman–Crippen MR) is 164 cm³/mol. The lowest BCUT2D eigenvalue weighted by Crippen LogP contribution is -2.43. The summed E-state index contributed by atoms with van der Waals surface area (Å²) in [5.74, 6) is 0.127. The maximum absolute atomic E-state index is 16.8. The summed E-state index contributed by atoms with van der Waals surface area (Å²) in [6, 6.07) is 10.6. The van der Waals surface area contributed by atoms with E-state index in [2.05, 4.69) is 14.8 Å². The van der Waals surface area contributed by atoms with Gasteiger partial charge in [-0.05, 0) is 86.1 Å². The molecule has 4 atom stereocenters. The normalized spacial score (nSPS) is 27.0. The van der Waals surface area contributed by atoms with E-state index in [9.17, 15) is 4.39 Å². The van der Waals surface area contributed by atoms with E-state index in [1.54, 1.807) is 12.1 Å². The Balaban J connectivity index is 1.28. The third-order valence-electron chi connectivity index (χ3n) is 10.3. The second kappa shape index (κ2) is 10.2. The van der Waals surface area contributed by atoms with Crippen LogP contribution in [0.25, 0.3) is 32.8 Å². The van der Waals surface area contributed by atoms with E-state index < -0.39 is 23.3 Å². The van der Waals surface area contributed by atoms with Crippen molar-refractivity contribution in [1.82, 2.24) is 14.9 Å². The molecule has 9 heteroatoms. The molecule has 0 amide bonds. The predicted octanol–water partition coefficient (Wildman–Crippen LogP) is 7.88. The Hall–Kier alpha value is -3.10. The van der Waals surface area contributed by atoms with Crippen LogP contribution in [-0.2, 0) is 0 Å². The van der Waals surface area contributed by atoms with Gasteiger partial charge in [0.05, 0.1) is 11.1 Å². The van der Waals surface area contributed by atoms with Crippen molar-refractivity contribution < 1.29 is 17.9 Å². The van der Waals surface area contributed by atoms with Crippen LogP contribution < -0.4 is 9.64 Å². The molecule has 1 aliphatic carbocycles. The van der Waals surface area contributed by atoms with E-state index in [0.717, 1.165) is 56.3 Å². The molecule has 43 heavy (non-hydrogen) atoms. The molecular weight excluding hydrogens is 573 g/mol. The molecule has 4 aliphatic rings. The molecular formula is C34H34ClF3N4O. The zero-order valence-electron chi connectivity index (χ0n) is 24.2. The highest BCUT2D eigenvalue weighted by atomic mass is 35.5. The SMILES string of the molecule is Cc1cc(-c2c(F)cc3c(N4CC5CCC(C5)C4)nc(OC[C@@]45CCCN4C[C@H](F)C5)nc3c2F)c2c(Cl)cccc2c1. The van der Waals surface area contributed by atoms with Crippen LogP contribution in [0.5, 0.6) is 6.01 Å². The molecule has 0 radical (unpaired) electrons. The maximum Gasteiger partial charge on any atom is 0.319 e. The van der Waals surface area contributed by atoms with Gasteiger partial charge in [0, 0.05) is 41.9 Å². The van der Waals surface area contributed by atoms with Crippen LogP contribution in [0, 0.1) is 30.4 Å². The van der Waals surface area contributed by atoms with Crippen LogP contribution in [0.15, 0.2) is 36.4 Å². The van der Waals surface area contributed by atoms with E-state index in [-0.39, 0.29) is 23.7 Å². The van der Waals surface area contributed by atoms with E-state index in [1.807, 2.05) is 25.1 Å². The highest BCUT2D eigenvalue weighted by Gasteiger charge is 2.49. The van der Waals surface area contributed by atoms with Crippen molar-refractivity contribution in [2.24, 2.45) is 11.8 Å². The Kier molecular flexibility index (Phi) is 6.53. The second-order valence-corrected chi connectivity index (χ2v) is 13.6. The molecule has 8 rings (SSSR count). The first-order valence-electron chi connectivity index (χ1n) is 15.4. The van der Waals surface area contributed by atoms with E-state index in [4.69, 9.17) is 21.3 Å². The Labute approximate surface area is 254 Å². The third-order valence-corrected chi connectivity index (χ3v) is 10.6. The Morgan fingerprint density at radius 1 is 1.07 bits per heavy atom. The largest absolute Gasteiger partial charge is 0.461 e. The number of aryl methyl sites for hydroxylation is 1. The number of hydrogen-bond acceptors (Lipinski definition) is 5. The molecule has 1 saturated carbocycles. The van der Waals surface area contributed by atoms with Gasteiger partial charge in [0.1, 0.15) is 29.9 Å². The first-order chi connectivity index (χ1) is 20.8. The molecule has 0 N–H and O–H groups in total. The van der Waals surface area contributed by atoms with Crippen molar-refractivity contribution in [3.05, 3.63) is 58.6 Å². The van der Waals surface area contributed by atoms with Gasteiger partial charge in [0.15, 0.2) is 5.82 Å². The van der Waals surface area contributed by atoms with Crippen molar-refractivity contribution >= 4 is 39.1 Å². The topological polar surface area (TPSA) is 41.5 Å². The van der Waals surface area contributed by atoms with Gasteiger partial charge in [-0.25, -0.2) is 13.2 Å². The van der Waals surface area contributed by atoms with Crippen molar-refractivity contribution in [2.75, 3.05) is 37.7 Å². The number of benzene rings is 3. The summed E-state index contributed by atoms with van der Waals surface area (Å²) in [6.07, 6.45) is 4.84. The van der Waals surface area contributed by atoms with Crippen molar-refractivity contribution in [3.63, 3.8) is 0 Å². The minimum atomic E-state index is -0.889. The van der Waals surface area contributed by atoms with Crippen molar-refractivity contribution in [2.45, 2.75) is 57.2 Å². The standard InChI is InChI=1S/C34H34ClF3N4O/c1-19-10-22-4-2-5-26(35)28(22)24(11-19)29-27(37)13-25-31(30(29)38)39-33(40-32(25)41-15-20-6-7-21(12-20)16-41)43-18-34-8-3-9-42(34)17-23(36)14-34/h2,4-5,10-11,13,20-21,23H,3,6-9,12,14-18H2,1H3/t20?,21?,23-,34+/m1/s1. The summed E-state index contributed by atoms with van der Waals surface area (Å²) in [4.78, 5) is 13.7. The molecule has 5 nitrogen and oxygen atoms in total. The summed E-state index contributed by atoms with van der Waals surface area (Å²) >= 11 is 6.60. The summed E-state index contributed by atoms with van der Waals surface area (Å²) in [7, 11) is 0. The van der Waals surface area contributed by atoms with Crippen molar-refractivity contribution in [1.29, 1.82) is 0 Å². The van der Waals surface area contributed by atoms with Gasteiger partial charge in [-0.15, -0.1) is 0 Å². The van der Waals surface area contributed by atoms with Crippen LogP contribution in [0.4, 0.5) is 19.0 Å². The smallest absolute Gasteiger partial charge is 0.319 e. The third kappa shape index (κ3) is 4.55. The molecule has 0 spiro atoms. The molecule has 4 fully saturated rings. The Bertz CT molecular complexity index is 1760. The number of rotatable bonds is 5. The fourth-order valence-electron chi connectivity index (χ4n) is 8.47. The molecule has 3 saturated heterocycles. The van der Waals surface area contributed by atoms with Crippen LogP contribution in [0.1, 0.15) is 44.1 Å². The fourth-order valence-corrected chi connectivity index (χ4v) is 8.75. The van der Waals surface area contributed by atoms with E-state index >= 15 is 8.78 Å². The minimum Gasteiger partial charge on any atom is -0.461 e. The molecule has 2 unspecified atom stereocenters. The van der Waals surface area contributed by atoms with Gasteiger partial charge in [0.25, 0.3) is 0 Å². The molecule has 2 bridgehead atoms. The molecule has 4 aromatic rings. The highest BCUT2D eigenvalue weighted by Crippen LogP contribution is 2.44. The average molecular weight is 607 g/mol. The number of anilines is 1. The lowest BCUT2D eigenvalue weighted by atomic mass is 9.94. The second-order valence-electron chi connectivity index (χ2n) is 13.2. The maximum atomic E-state index is 16.8. The molecule has 3 aromatic carbocycles. The minimum absolute atomic E-state index is 0.0200. The van der Waals surface area contributed by atoms with Gasteiger partial charge < -0.3 is 9.64 Å². The van der Waals surface area contributed by atoms with Gasteiger partial charge in [-0.1, -0.05) is 35.9 Å². The van der Waals surface area contributed by atoms with Gasteiger partial charge >= 0.3 is 6.01 Å². The first kappa shape index (κ1) is 27.4. The summed E-state index contributed by atoms with van der Waals surface area (Å²) in [6.45, 7) is 4.95. The number of piperidine rings is 1. The van der Waals surface area contributed by atoms with Gasteiger partial charge in [-0.3, -0.25) is 4.90 Å². The average Bonchev–Trinajstić information content (AvgIpc) is 3.62. The highest BCUT2D eigenvalue weighted by molar-refractivity contribution is 6.36. The van der Waals surface area contributed by atoms with E-state index in [1.165, 1.54) is 12.5 Å². The van der Waals surface area contributed by atoms with Crippen molar-refractivity contribution in [3.8, 4) is 17.1 Å². The van der Waals surface area contributed by atoms with Crippen LogP contribution in [0.2, 0.25) is 5.02 Å². The number of aromatic nitrogens is 2. The van der Waals surface area contributed by atoms with Crippen LogP contribution >= 0.6 is 11.6 Å². The Morgan fingerprint density at radius 2 is 1.88 bits per heavy atom. The number of halogens is 4. The number of hydrogen-bond donors (Lipinski definition) is 0. The molecule has 4 heterocycles. The zero-order chi connectivity index (χ0) is 29.5. The lowest BCUT2D eigenvalue weighted by Gasteiger charge is -2.34. The summed E-state index contributed by atoms with van der Waals surface area (Å²) in [5, 5.41) is 2.15. The number of fused-ring (bicyclic) bond motifs is 5. The lowest BCUT2D eigenvalue weighted by molar-refractivity contribution is 0.107. The number of nitrogens with zero attached hydrogens (tertiary/aromatic N) is 4. The zero-order valence-corrected chi connectivity index (χ0v) is 24.9. The van der Waals surface area contributed by atoms with Gasteiger partial charge in [-0.2, -0.15) is 9.97 Å². The number of ether oxygens (including phenoxy) is 1. The fraction of sp³-hybridized carbons (Fsp3) is 0.471. The van der Waals surface area contributed by atoms with Crippen LogP contribution in [-0.4, -0.2) is 59.4 Å². The molecule has 224 valence electrons. The van der Waals surface area contributed by atoms with Crippen LogP contribution in [0.3, 0.4) is 0 Å².